The van der Waals surface area contributed by atoms with Gasteiger partial charge < -0.3 is 14.2 Å². The van der Waals surface area contributed by atoms with Gasteiger partial charge in [0.1, 0.15) is 0 Å². The molecule has 1 amide bonds. The maximum absolute atomic E-state index is 11.9. The Morgan fingerprint density at radius 3 is 2.88 bits per heavy atom. The molecule has 0 saturated carbocycles. The summed E-state index contributed by atoms with van der Waals surface area (Å²) in [5.74, 6) is 0.199. The van der Waals surface area contributed by atoms with E-state index < -0.39 is 0 Å². The summed E-state index contributed by atoms with van der Waals surface area (Å²) in [6.45, 7) is 4.78. The molecule has 16 heavy (non-hydrogen) atoms. The number of morpholine rings is 1. The van der Waals surface area contributed by atoms with E-state index in [4.69, 9.17) is 4.74 Å². The van der Waals surface area contributed by atoms with Crippen molar-refractivity contribution >= 4 is 5.91 Å². The van der Waals surface area contributed by atoms with Crippen molar-refractivity contribution in [2.24, 2.45) is 0 Å². The first-order valence-electron chi connectivity index (χ1n) is 5.60. The van der Waals surface area contributed by atoms with E-state index in [9.17, 15) is 4.79 Å². The lowest BCUT2D eigenvalue weighted by Crippen LogP contribution is -2.41. The zero-order chi connectivity index (χ0) is 11.4. The summed E-state index contributed by atoms with van der Waals surface area (Å²) in [6, 6.07) is 0.165. The molecule has 1 fully saturated rings. The van der Waals surface area contributed by atoms with Crippen molar-refractivity contribution in [1.82, 2.24) is 14.5 Å². The highest BCUT2D eigenvalue weighted by molar-refractivity contribution is 5.76. The van der Waals surface area contributed by atoms with Gasteiger partial charge in [0.25, 0.3) is 0 Å². The molecule has 1 aromatic heterocycles. The largest absolute Gasteiger partial charge is 0.378 e. The van der Waals surface area contributed by atoms with E-state index in [0.29, 0.717) is 19.6 Å². The Bertz CT molecular complexity index is 331. The number of nitrogens with zero attached hydrogens (tertiary/aromatic N) is 3. The van der Waals surface area contributed by atoms with Crippen LogP contribution in [0.4, 0.5) is 0 Å². The normalized spacial score (nSPS) is 18.4. The first kappa shape index (κ1) is 11.1. The predicted octanol–water partition coefficient (Wildman–Crippen LogP) is 0.693. The van der Waals surface area contributed by atoms with Crippen molar-refractivity contribution in [2.45, 2.75) is 19.4 Å². The number of carbonyl (C=O) groups excluding carboxylic acids is 1. The molecule has 0 radical (unpaired) electrons. The maximum atomic E-state index is 11.9. The summed E-state index contributed by atoms with van der Waals surface area (Å²) in [6.07, 6.45) is 5.89. The molecule has 1 aromatic rings. The number of hydrogen-bond donors (Lipinski definition) is 0. The zero-order valence-electron chi connectivity index (χ0n) is 9.50. The SMILES string of the molecule is CC(CC(=O)N1CCOCC1)n1ccnc1. The van der Waals surface area contributed by atoms with Crippen molar-refractivity contribution < 1.29 is 9.53 Å². The molecular formula is C11H17N3O2. The second kappa shape index (κ2) is 5.12. The highest BCUT2D eigenvalue weighted by Gasteiger charge is 2.19. The third-order valence-corrected chi connectivity index (χ3v) is 2.87. The van der Waals surface area contributed by atoms with Crippen LogP contribution in [0, 0.1) is 0 Å². The minimum atomic E-state index is 0.165. The van der Waals surface area contributed by atoms with Gasteiger partial charge in [0.2, 0.25) is 5.91 Å². The molecule has 2 rings (SSSR count). The van der Waals surface area contributed by atoms with Crippen molar-refractivity contribution in [3.63, 3.8) is 0 Å². The van der Waals surface area contributed by atoms with Crippen LogP contribution >= 0.6 is 0 Å². The molecule has 1 aliphatic heterocycles. The van der Waals surface area contributed by atoms with E-state index in [-0.39, 0.29) is 11.9 Å². The highest BCUT2D eigenvalue weighted by atomic mass is 16.5. The quantitative estimate of drug-likeness (QED) is 0.757. The molecule has 1 aliphatic rings. The van der Waals surface area contributed by atoms with Crippen molar-refractivity contribution in [2.75, 3.05) is 26.3 Å². The highest BCUT2D eigenvalue weighted by Crippen LogP contribution is 2.12. The van der Waals surface area contributed by atoms with Gasteiger partial charge in [0.05, 0.1) is 19.5 Å². The Hall–Kier alpha value is -1.36. The molecular weight excluding hydrogens is 206 g/mol. The van der Waals surface area contributed by atoms with Gasteiger partial charge in [0.15, 0.2) is 0 Å². The van der Waals surface area contributed by atoms with Gasteiger partial charge in [-0.25, -0.2) is 4.98 Å². The third kappa shape index (κ3) is 2.61. The average molecular weight is 223 g/mol. The standard InChI is InChI=1S/C11H17N3O2/c1-10(14-3-2-12-9-14)8-11(15)13-4-6-16-7-5-13/h2-3,9-10H,4-8H2,1H3. The first-order chi connectivity index (χ1) is 7.77. The van der Waals surface area contributed by atoms with Crippen LogP contribution in [0.1, 0.15) is 19.4 Å². The lowest BCUT2D eigenvalue weighted by atomic mass is 10.2. The fourth-order valence-electron chi connectivity index (χ4n) is 1.83. The molecule has 1 atom stereocenters. The van der Waals surface area contributed by atoms with Crippen LogP contribution in [0.25, 0.3) is 0 Å². The van der Waals surface area contributed by atoms with E-state index in [2.05, 4.69) is 4.98 Å². The molecule has 88 valence electrons. The van der Waals surface area contributed by atoms with E-state index in [1.54, 1.807) is 12.5 Å². The van der Waals surface area contributed by atoms with Crippen LogP contribution in [0.2, 0.25) is 0 Å². The molecule has 1 saturated heterocycles. The van der Waals surface area contributed by atoms with Crippen LogP contribution in [-0.2, 0) is 9.53 Å². The van der Waals surface area contributed by atoms with Crippen LogP contribution in [-0.4, -0.2) is 46.7 Å². The van der Waals surface area contributed by atoms with Gasteiger partial charge in [-0.3, -0.25) is 4.79 Å². The Morgan fingerprint density at radius 1 is 1.50 bits per heavy atom. The fraction of sp³-hybridized carbons (Fsp3) is 0.636. The third-order valence-electron chi connectivity index (χ3n) is 2.87. The summed E-state index contributed by atoms with van der Waals surface area (Å²) in [5.41, 5.74) is 0. The van der Waals surface area contributed by atoms with E-state index in [1.165, 1.54) is 0 Å². The number of rotatable bonds is 3. The molecule has 2 heterocycles. The first-order valence-corrected chi connectivity index (χ1v) is 5.60. The second-order valence-corrected chi connectivity index (χ2v) is 4.06. The van der Waals surface area contributed by atoms with Gasteiger partial charge in [-0.2, -0.15) is 0 Å². The monoisotopic (exact) mass is 223 g/mol. The fourth-order valence-corrected chi connectivity index (χ4v) is 1.83. The van der Waals surface area contributed by atoms with E-state index >= 15 is 0 Å². The summed E-state index contributed by atoms with van der Waals surface area (Å²) in [5, 5.41) is 0. The van der Waals surface area contributed by atoms with Crippen molar-refractivity contribution in [3.05, 3.63) is 18.7 Å². The molecule has 0 bridgehead atoms. The lowest BCUT2D eigenvalue weighted by molar-refractivity contribution is -0.136. The second-order valence-electron chi connectivity index (χ2n) is 4.06. The Kier molecular flexibility index (Phi) is 3.56. The topological polar surface area (TPSA) is 47.4 Å². The smallest absolute Gasteiger partial charge is 0.224 e. The lowest BCUT2D eigenvalue weighted by Gasteiger charge is -2.28. The van der Waals surface area contributed by atoms with Gasteiger partial charge in [0, 0.05) is 37.9 Å². The van der Waals surface area contributed by atoms with Crippen LogP contribution in [0.5, 0.6) is 0 Å². The minimum Gasteiger partial charge on any atom is -0.378 e. The van der Waals surface area contributed by atoms with Gasteiger partial charge in [-0.1, -0.05) is 0 Å². The molecule has 1 unspecified atom stereocenters. The number of imidazole rings is 1. The number of ether oxygens (including phenoxy) is 1. The van der Waals surface area contributed by atoms with Crippen molar-refractivity contribution in [1.29, 1.82) is 0 Å². The Balaban J connectivity index is 1.86. The predicted molar refractivity (Wildman–Crippen MR) is 59.0 cm³/mol. The Labute approximate surface area is 95.0 Å². The average Bonchev–Trinajstić information content (AvgIpc) is 2.83. The molecule has 0 spiro atoms. The van der Waals surface area contributed by atoms with Crippen molar-refractivity contribution in [3.8, 4) is 0 Å². The van der Waals surface area contributed by atoms with Crippen LogP contribution in [0.3, 0.4) is 0 Å². The summed E-state index contributed by atoms with van der Waals surface area (Å²) in [4.78, 5) is 17.8. The van der Waals surface area contributed by atoms with E-state index in [1.807, 2.05) is 22.6 Å². The number of hydrogen-bond acceptors (Lipinski definition) is 3. The molecule has 5 nitrogen and oxygen atoms in total. The van der Waals surface area contributed by atoms with Gasteiger partial charge >= 0.3 is 0 Å². The Morgan fingerprint density at radius 2 is 2.25 bits per heavy atom. The number of aromatic nitrogens is 2. The maximum Gasteiger partial charge on any atom is 0.224 e. The van der Waals surface area contributed by atoms with E-state index in [0.717, 1.165) is 13.1 Å². The van der Waals surface area contributed by atoms with Gasteiger partial charge in [-0.15, -0.1) is 0 Å². The molecule has 0 aliphatic carbocycles. The van der Waals surface area contributed by atoms with Crippen LogP contribution in [0.15, 0.2) is 18.7 Å². The summed E-state index contributed by atoms with van der Waals surface area (Å²) >= 11 is 0. The zero-order valence-corrected chi connectivity index (χ0v) is 9.50. The molecule has 0 N–H and O–H groups in total. The van der Waals surface area contributed by atoms with Crippen LogP contribution < -0.4 is 0 Å². The number of amides is 1. The van der Waals surface area contributed by atoms with Gasteiger partial charge in [-0.05, 0) is 6.92 Å². The summed E-state index contributed by atoms with van der Waals surface area (Å²) < 4.78 is 7.17. The summed E-state index contributed by atoms with van der Waals surface area (Å²) in [7, 11) is 0. The molecule has 5 heteroatoms. The number of carbonyl (C=O) groups is 1. The minimum absolute atomic E-state index is 0.165. The molecule has 0 aromatic carbocycles.